The molecule has 0 bridgehead atoms. The van der Waals surface area contributed by atoms with E-state index >= 15 is 0 Å². The monoisotopic (exact) mass is 434 g/mol. The second-order valence-electron chi connectivity index (χ2n) is 8.69. The van der Waals surface area contributed by atoms with Gasteiger partial charge < -0.3 is 15.3 Å². The van der Waals surface area contributed by atoms with Gasteiger partial charge in [0.1, 0.15) is 0 Å². The van der Waals surface area contributed by atoms with Crippen molar-refractivity contribution in [2.24, 2.45) is 11.8 Å². The number of unbranched alkanes of at least 4 members (excludes halogenated alkanes) is 2. The SMILES string of the molecule is CCCCC(CC)C(=O)C(O)C(O)(C(=O)C(CC)CCCC)C(O)Cc1ccccc1. The molecule has 1 aromatic rings. The van der Waals surface area contributed by atoms with Crippen molar-refractivity contribution in [1.29, 1.82) is 0 Å². The Morgan fingerprint density at radius 2 is 1.39 bits per heavy atom. The number of Topliss-reactive ketones (excluding diaryl/α,β-unsaturated/α-hetero) is 2. The van der Waals surface area contributed by atoms with Crippen LogP contribution in [0.1, 0.15) is 84.6 Å². The lowest BCUT2D eigenvalue weighted by Crippen LogP contribution is -2.63. The average molecular weight is 435 g/mol. The van der Waals surface area contributed by atoms with Gasteiger partial charge in [0.2, 0.25) is 0 Å². The highest BCUT2D eigenvalue weighted by Crippen LogP contribution is 2.31. The molecule has 5 nitrogen and oxygen atoms in total. The molecule has 5 heteroatoms. The first kappa shape index (κ1) is 27.5. The topological polar surface area (TPSA) is 94.8 Å². The lowest BCUT2D eigenvalue weighted by Gasteiger charge is -2.38. The second-order valence-corrected chi connectivity index (χ2v) is 8.69. The summed E-state index contributed by atoms with van der Waals surface area (Å²) in [4.78, 5) is 26.6. The van der Waals surface area contributed by atoms with Gasteiger partial charge in [-0.05, 0) is 31.2 Å². The van der Waals surface area contributed by atoms with Gasteiger partial charge in [-0.1, -0.05) is 83.7 Å². The number of carbonyl (C=O) groups excluding carboxylic acids is 2. The Labute approximate surface area is 187 Å². The standard InChI is InChI=1S/C26H42O5/c1-5-9-16-20(7-3)23(28)25(30)26(31,24(29)21(8-4)17-10-6-2)22(27)18-19-14-12-11-13-15-19/h11-15,20-22,25,27,30-31H,5-10,16-18H2,1-4H3. The molecule has 0 fully saturated rings. The Hall–Kier alpha value is -1.56. The van der Waals surface area contributed by atoms with Crippen LogP contribution in [0, 0.1) is 11.8 Å². The van der Waals surface area contributed by atoms with E-state index in [1.54, 1.807) is 24.3 Å². The molecule has 5 unspecified atom stereocenters. The highest BCUT2D eigenvalue weighted by Gasteiger charge is 2.54. The minimum absolute atomic E-state index is 0.0244. The molecule has 0 aliphatic carbocycles. The van der Waals surface area contributed by atoms with Gasteiger partial charge in [-0.25, -0.2) is 0 Å². The average Bonchev–Trinajstić information content (AvgIpc) is 2.79. The maximum Gasteiger partial charge on any atom is 0.182 e. The smallest absolute Gasteiger partial charge is 0.182 e. The Kier molecular flexibility index (Phi) is 12.2. The fourth-order valence-electron chi connectivity index (χ4n) is 4.21. The highest BCUT2D eigenvalue weighted by atomic mass is 16.4. The van der Waals surface area contributed by atoms with Crippen LogP contribution in [-0.2, 0) is 16.0 Å². The minimum Gasteiger partial charge on any atom is -0.389 e. The van der Waals surface area contributed by atoms with Crippen LogP contribution in [0.15, 0.2) is 30.3 Å². The quantitative estimate of drug-likeness (QED) is 0.361. The minimum atomic E-state index is -2.53. The number of aliphatic hydroxyl groups excluding tert-OH is 2. The number of aliphatic hydroxyl groups is 3. The zero-order valence-electron chi connectivity index (χ0n) is 19.7. The van der Waals surface area contributed by atoms with Gasteiger partial charge >= 0.3 is 0 Å². The van der Waals surface area contributed by atoms with Crippen LogP contribution >= 0.6 is 0 Å². The first-order valence-electron chi connectivity index (χ1n) is 12.0. The number of carbonyl (C=O) groups is 2. The summed E-state index contributed by atoms with van der Waals surface area (Å²) in [5, 5.41) is 33.6. The lowest BCUT2D eigenvalue weighted by molar-refractivity contribution is -0.183. The van der Waals surface area contributed by atoms with Gasteiger partial charge in [0.15, 0.2) is 23.3 Å². The fraction of sp³-hybridized carbons (Fsp3) is 0.692. The predicted molar refractivity (Wildman–Crippen MR) is 124 cm³/mol. The van der Waals surface area contributed by atoms with Gasteiger partial charge in [-0.3, -0.25) is 9.59 Å². The first-order valence-corrected chi connectivity index (χ1v) is 12.0. The van der Waals surface area contributed by atoms with E-state index in [0.29, 0.717) is 25.7 Å². The molecule has 0 amide bonds. The summed E-state index contributed by atoms with van der Waals surface area (Å²) >= 11 is 0. The van der Waals surface area contributed by atoms with E-state index in [-0.39, 0.29) is 6.42 Å². The van der Waals surface area contributed by atoms with Crippen molar-refractivity contribution in [3.8, 4) is 0 Å². The van der Waals surface area contributed by atoms with Crippen molar-refractivity contribution >= 4 is 11.6 Å². The molecule has 0 aliphatic rings. The highest BCUT2D eigenvalue weighted by molar-refractivity contribution is 5.98. The molecule has 5 atom stereocenters. The number of hydrogen-bond donors (Lipinski definition) is 3. The van der Waals surface area contributed by atoms with E-state index < -0.39 is 41.2 Å². The van der Waals surface area contributed by atoms with Crippen LogP contribution in [0.4, 0.5) is 0 Å². The summed E-state index contributed by atoms with van der Waals surface area (Å²) in [6.45, 7) is 7.76. The third kappa shape index (κ3) is 7.23. The van der Waals surface area contributed by atoms with E-state index in [1.165, 1.54) is 0 Å². The number of hydrogen-bond acceptors (Lipinski definition) is 5. The summed E-state index contributed by atoms with van der Waals surface area (Å²) in [6, 6.07) is 9.01. The van der Waals surface area contributed by atoms with Crippen LogP contribution in [0.5, 0.6) is 0 Å². The number of ketones is 2. The molecule has 3 N–H and O–H groups in total. The Morgan fingerprint density at radius 1 is 0.871 bits per heavy atom. The van der Waals surface area contributed by atoms with Crippen LogP contribution in [0.2, 0.25) is 0 Å². The van der Waals surface area contributed by atoms with E-state index in [1.807, 2.05) is 33.8 Å². The Balaban J connectivity index is 3.29. The van der Waals surface area contributed by atoms with Crippen LogP contribution < -0.4 is 0 Å². The molecule has 176 valence electrons. The fourth-order valence-corrected chi connectivity index (χ4v) is 4.21. The van der Waals surface area contributed by atoms with Gasteiger partial charge in [-0.2, -0.15) is 0 Å². The molecule has 0 saturated carbocycles. The maximum atomic E-state index is 13.5. The van der Waals surface area contributed by atoms with Crippen molar-refractivity contribution in [2.75, 3.05) is 0 Å². The van der Waals surface area contributed by atoms with Gasteiger partial charge in [-0.15, -0.1) is 0 Å². The van der Waals surface area contributed by atoms with Crippen molar-refractivity contribution in [1.82, 2.24) is 0 Å². The lowest BCUT2D eigenvalue weighted by atomic mass is 9.73. The van der Waals surface area contributed by atoms with Crippen molar-refractivity contribution < 1.29 is 24.9 Å². The molecule has 1 aromatic carbocycles. The Morgan fingerprint density at radius 3 is 1.87 bits per heavy atom. The summed E-state index contributed by atoms with van der Waals surface area (Å²) < 4.78 is 0. The second kappa shape index (κ2) is 13.8. The zero-order chi connectivity index (χ0) is 23.4. The zero-order valence-corrected chi connectivity index (χ0v) is 19.7. The molecule has 0 radical (unpaired) electrons. The van der Waals surface area contributed by atoms with Gasteiger partial charge in [0.25, 0.3) is 0 Å². The first-order chi connectivity index (χ1) is 14.8. The van der Waals surface area contributed by atoms with Crippen LogP contribution in [0.25, 0.3) is 0 Å². The molecular formula is C26H42O5. The van der Waals surface area contributed by atoms with Crippen molar-refractivity contribution in [2.45, 2.75) is 103 Å². The summed E-state index contributed by atoms with van der Waals surface area (Å²) in [7, 11) is 0. The van der Waals surface area contributed by atoms with E-state index in [2.05, 4.69) is 0 Å². The largest absolute Gasteiger partial charge is 0.389 e. The molecule has 0 heterocycles. The summed E-state index contributed by atoms with van der Waals surface area (Å²) in [5.41, 5.74) is -1.80. The Bertz CT molecular complexity index is 659. The van der Waals surface area contributed by atoms with Gasteiger partial charge in [0, 0.05) is 18.3 Å². The molecule has 0 aromatic heterocycles. The van der Waals surface area contributed by atoms with Crippen molar-refractivity contribution in [3.05, 3.63) is 35.9 Å². The van der Waals surface area contributed by atoms with Crippen LogP contribution in [-0.4, -0.2) is 44.7 Å². The summed E-state index contributed by atoms with van der Waals surface area (Å²) in [6.07, 6.45) is 2.02. The molecule has 0 aliphatic heterocycles. The number of rotatable bonds is 16. The molecule has 1 rings (SSSR count). The molecule has 31 heavy (non-hydrogen) atoms. The maximum absolute atomic E-state index is 13.5. The van der Waals surface area contributed by atoms with Crippen LogP contribution in [0.3, 0.4) is 0 Å². The molecule has 0 saturated heterocycles. The summed E-state index contributed by atoms with van der Waals surface area (Å²) in [5.74, 6) is -2.15. The van der Waals surface area contributed by atoms with Crippen molar-refractivity contribution in [3.63, 3.8) is 0 Å². The van der Waals surface area contributed by atoms with Gasteiger partial charge in [0.05, 0.1) is 6.10 Å². The van der Waals surface area contributed by atoms with E-state index in [0.717, 1.165) is 31.2 Å². The third-order valence-electron chi connectivity index (χ3n) is 6.43. The molecular weight excluding hydrogens is 392 g/mol. The predicted octanol–water partition coefficient (Wildman–Crippen LogP) is 4.25. The molecule has 0 spiro atoms. The van der Waals surface area contributed by atoms with E-state index in [4.69, 9.17) is 0 Å². The normalized spacial score (nSPS) is 17.4. The number of benzene rings is 1. The third-order valence-corrected chi connectivity index (χ3v) is 6.43. The van der Waals surface area contributed by atoms with E-state index in [9.17, 15) is 24.9 Å².